The van der Waals surface area contributed by atoms with Crippen molar-refractivity contribution in [3.63, 3.8) is 0 Å². The molecule has 0 fully saturated rings. The molecule has 0 amide bonds. The van der Waals surface area contributed by atoms with Crippen LogP contribution in [0.4, 0.5) is 0 Å². The summed E-state index contributed by atoms with van der Waals surface area (Å²) in [6.45, 7) is 2.08. The van der Waals surface area contributed by atoms with Gasteiger partial charge in [-0.1, -0.05) is 48.5 Å². The fraction of sp³-hybridized carbons (Fsp3) is 0.0556. The fourth-order valence-corrected chi connectivity index (χ4v) is 2.56. The summed E-state index contributed by atoms with van der Waals surface area (Å²) in [6.07, 6.45) is 2.46. The van der Waals surface area contributed by atoms with E-state index in [0.29, 0.717) is 0 Å². The molecule has 2 aromatic carbocycles. The van der Waals surface area contributed by atoms with Crippen LogP contribution in [-0.2, 0) is 4.79 Å². The average Bonchev–Trinajstić information content (AvgIpc) is 2.83. The molecular formula is C18H15NO. The molecule has 0 spiro atoms. The second-order valence-electron chi connectivity index (χ2n) is 4.75. The van der Waals surface area contributed by atoms with Crippen molar-refractivity contribution in [2.45, 2.75) is 6.92 Å². The van der Waals surface area contributed by atoms with Crippen LogP contribution in [0.2, 0.25) is 0 Å². The molecular weight excluding hydrogens is 246 g/mol. The first kappa shape index (κ1) is 12.4. The molecule has 1 aromatic heterocycles. The molecule has 0 aliphatic heterocycles. The van der Waals surface area contributed by atoms with Crippen molar-refractivity contribution in [1.82, 2.24) is 4.98 Å². The SMILES string of the molecule is Cc1c(/C(=C/C=O)c2ccccc2)[nH]c2ccccc12. The van der Waals surface area contributed by atoms with Crippen molar-refractivity contribution in [2.75, 3.05) is 0 Å². The number of rotatable bonds is 3. The maximum atomic E-state index is 11.0. The molecule has 1 N–H and O–H groups in total. The number of hydrogen-bond acceptors (Lipinski definition) is 1. The van der Waals surface area contributed by atoms with Crippen molar-refractivity contribution in [3.8, 4) is 0 Å². The number of fused-ring (bicyclic) bond motifs is 1. The topological polar surface area (TPSA) is 32.9 Å². The minimum atomic E-state index is 0.841. The smallest absolute Gasteiger partial charge is 0.143 e. The summed E-state index contributed by atoms with van der Waals surface area (Å²) in [6, 6.07) is 18.1. The average molecular weight is 261 g/mol. The van der Waals surface area contributed by atoms with Crippen LogP contribution in [0.1, 0.15) is 16.8 Å². The number of allylic oxidation sites excluding steroid dienone is 1. The normalized spacial score (nSPS) is 11.8. The van der Waals surface area contributed by atoms with Crippen LogP contribution in [0.25, 0.3) is 16.5 Å². The number of carbonyl (C=O) groups is 1. The number of aldehydes is 1. The lowest BCUT2D eigenvalue weighted by molar-refractivity contribution is -0.104. The first-order valence-electron chi connectivity index (χ1n) is 6.60. The van der Waals surface area contributed by atoms with Gasteiger partial charge in [0.25, 0.3) is 0 Å². The highest BCUT2D eigenvalue weighted by Crippen LogP contribution is 2.30. The van der Waals surface area contributed by atoms with Crippen LogP contribution < -0.4 is 0 Å². The van der Waals surface area contributed by atoms with Gasteiger partial charge in [-0.15, -0.1) is 0 Å². The Hall–Kier alpha value is -2.61. The third-order valence-electron chi connectivity index (χ3n) is 3.55. The van der Waals surface area contributed by atoms with E-state index in [9.17, 15) is 4.79 Å². The molecule has 0 saturated carbocycles. The summed E-state index contributed by atoms with van der Waals surface area (Å²) >= 11 is 0. The van der Waals surface area contributed by atoms with E-state index in [0.717, 1.165) is 34.2 Å². The summed E-state index contributed by atoms with van der Waals surface area (Å²) in [4.78, 5) is 14.4. The van der Waals surface area contributed by atoms with Gasteiger partial charge in [0.1, 0.15) is 6.29 Å². The molecule has 2 nitrogen and oxygen atoms in total. The molecule has 0 bridgehead atoms. The van der Waals surface area contributed by atoms with Crippen molar-refractivity contribution in [1.29, 1.82) is 0 Å². The molecule has 0 atom stereocenters. The quantitative estimate of drug-likeness (QED) is 0.558. The van der Waals surface area contributed by atoms with Crippen molar-refractivity contribution in [2.24, 2.45) is 0 Å². The first-order chi connectivity index (χ1) is 9.81. The largest absolute Gasteiger partial charge is 0.354 e. The number of hydrogen-bond donors (Lipinski definition) is 1. The Morgan fingerprint density at radius 3 is 2.40 bits per heavy atom. The second-order valence-corrected chi connectivity index (χ2v) is 4.75. The number of carbonyl (C=O) groups excluding carboxylic acids is 1. The zero-order valence-corrected chi connectivity index (χ0v) is 11.3. The Morgan fingerprint density at radius 1 is 1.00 bits per heavy atom. The van der Waals surface area contributed by atoms with Crippen LogP contribution in [0.3, 0.4) is 0 Å². The molecule has 0 unspecified atom stereocenters. The monoisotopic (exact) mass is 261 g/mol. The molecule has 3 aromatic rings. The summed E-state index contributed by atoms with van der Waals surface area (Å²) in [7, 11) is 0. The van der Waals surface area contributed by atoms with Crippen LogP contribution in [0.15, 0.2) is 60.7 Å². The molecule has 0 aliphatic rings. The van der Waals surface area contributed by atoms with Crippen LogP contribution in [0.5, 0.6) is 0 Å². The molecule has 2 heteroatoms. The third-order valence-corrected chi connectivity index (χ3v) is 3.55. The van der Waals surface area contributed by atoms with Crippen LogP contribution in [0, 0.1) is 6.92 Å². The Bertz CT molecular complexity index is 782. The maximum absolute atomic E-state index is 11.0. The lowest BCUT2D eigenvalue weighted by Gasteiger charge is -2.06. The number of aromatic amines is 1. The second kappa shape index (κ2) is 5.17. The standard InChI is InChI=1S/C18H15NO/c1-13-15-9-5-6-10-17(15)19-18(13)16(11-12-20)14-7-3-2-4-8-14/h2-12,19H,1H3/b16-11+. The van der Waals surface area contributed by atoms with E-state index in [-0.39, 0.29) is 0 Å². The molecule has 20 heavy (non-hydrogen) atoms. The first-order valence-corrected chi connectivity index (χ1v) is 6.60. The zero-order valence-electron chi connectivity index (χ0n) is 11.3. The van der Waals surface area contributed by atoms with Gasteiger partial charge < -0.3 is 4.98 Å². The van der Waals surface area contributed by atoms with E-state index in [1.165, 1.54) is 5.39 Å². The molecule has 0 saturated heterocycles. The van der Waals surface area contributed by atoms with E-state index in [4.69, 9.17) is 0 Å². The summed E-state index contributed by atoms with van der Waals surface area (Å²) in [5.74, 6) is 0. The van der Waals surface area contributed by atoms with Gasteiger partial charge in [0.15, 0.2) is 0 Å². The van der Waals surface area contributed by atoms with E-state index < -0.39 is 0 Å². The third kappa shape index (κ3) is 2.05. The van der Waals surface area contributed by atoms with E-state index >= 15 is 0 Å². The summed E-state index contributed by atoms with van der Waals surface area (Å²) in [5, 5.41) is 1.19. The molecule has 98 valence electrons. The number of nitrogens with one attached hydrogen (secondary N) is 1. The lowest BCUT2D eigenvalue weighted by atomic mass is 9.99. The number of para-hydroxylation sites is 1. The summed E-state index contributed by atoms with van der Waals surface area (Å²) in [5.41, 5.74) is 5.22. The minimum absolute atomic E-state index is 0.841. The molecule has 0 radical (unpaired) electrons. The Morgan fingerprint density at radius 2 is 1.70 bits per heavy atom. The highest BCUT2D eigenvalue weighted by Gasteiger charge is 2.12. The summed E-state index contributed by atoms with van der Waals surface area (Å²) < 4.78 is 0. The number of aryl methyl sites for hydroxylation is 1. The lowest BCUT2D eigenvalue weighted by Crippen LogP contribution is -1.91. The van der Waals surface area contributed by atoms with Gasteiger partial charge in [0.05, 0.1) is 5.69 Å². The predicted octanol–water partition coefficient (Wildman–Crippen LogP) is 4.11. The van der Waals surface area contributed by atoms with E-state index in [1.54, 1.807) is 6.08 Å². The van der Waals surface area contributed by atoms with Gasteiger partial charge in [-0.05, 0) is 30.2 Å². The van der Waals surface area contributed by atoms with Gasteiger partial charge >= 0.3 is 0 Å². The Labute approximate surface area is 117 Å². The predicted molar refractivity (Wildman–Crippen MR) is 82.6 cm³/mol. The van der Waals surface area contributed by atoms with E-state index in [2.05, 4.69) is 24.0 Å². The van der Waals surface area contributed by atoms with E-state index in [1.807, 2.05) is 42.5 Å². The van der Waals surface area contributed by atoms with Gasteiger partial charge in [-0.25, -0.2) is 0 Å². The van der Waals surface area contributed by atoms with Gasteiger partial charge in [-0.3, -0.25) is 4.79 Å². The maximum Gasteiger partial charge on any atom is 0.143 e. The highest BCUT2D eigenvalue weighted by molar-refractivity contribution is 5.95. The van der Waals surface area contributed by atoms with Gasteiger partial charge in [0.2, 0.25) is 0 Å². The zero-order chi connectivity index (χ0) is 13.9. The fourth-order valence-electron chi connectivity index (χ4n) is 2.56. The number of aromatic nitrogens is 1. The van der Waals surface area contributed by atoms with Crippen molar-refractivity contribution < 1.29 is 4.79 Å². The van der Waals surface area contributed by atoms with Crippen molar-refractivity contribution >= 4 is 22.8 Å². The van der Waals surface area contributed by atoms with Gasteiger partial charge in [-0.2, -0.15) is 0 Å². The van der Waals surface area contributed by atoms with Crippen molar-refractivity contribution in [3.05, 3.63) is 77.5 Å². The molecule has 0 aliphatic carbocycles. The van der Waals surface area contributed by atoms with Crippen LogP contribution in [-0.4, -0.2) is 11.3 Å². The minimum Gasteiger partial charge on any atom is -0.354 e. The Kier molecular flexibility index (Phi) is 3.21. The number of benzene rings is 2. The number of H-pyrrole nitrogens is 1. The molecule has 3 rings (SSSR count). The molecule has 1 heterocycles. The van der Waals surface area contributed by atoms with Crippen LogP contribution >= 0.6 is 0 Å². The highest BCUT2D eigenvalue weighted by atomic mass is 16.1. The Balaban J connectivity index is 2.23. The van der Waals surface area contributed by atoms with Gasteiger partial charge in [0, 0.05) is 16.5 Å².